The molecule has 5 N–H and O–H groups in total. The van der Waals surface area contributed by atoms with Crippen molar-refractivity contribution in [2.45, 2.75) is 77.8 Å². The van der Waals surface area contributed by atoms with Crippen molar-refractivity contribution in [2.75, 3.05) is 33.9 Å². The standard InChI is InChI=1S/C38H41FN8O6.C3H8/c1-4-5-9-29(46-38(51)53-3)36(49)47-19-8-10-32(47)35-41-22-31(45-35)26-16-14-24(20-27(26)39)12-13-25-15-17-28-30(21-25)44-33(43-28)11-6-7-18-40-34(48)23-42-37(50)52-2;1-3-2/h14-17,20-22,29,32H,6-11,18-19,23H2,1-3H3,(H,40,48)(H,41,45)(H,42,50)(H,43,44)(H,46,51);3H2,1-2H3. The van der Waals surface area contributed by atoms with Crippen molar-refractivity contribution < 1.29 is 33.0 Å². The Labute approximate surface area is 326 Å². The Morgan fingerprint density at radius 1 is 1.00 bits per heavy atom. The Morgan fingerprint density at radius 3 is 2.45 bits per heavy atom. The van der Waals surface area contributed by atoms with Crippen LogP contribution in [0.5, 0.6) is 0 Å². The predicted molar refractivity (Wildman–Crippen MR) is 209 cm³/mol. The van der Waals surface area contributed by atoms with Crippen LogP contribution < -0.4 is 16.0 Å². The minimum Gasteiger partial charge on any atom is -0.453 e. The number of aryl methyl sites for hydroxylation is 1. The predicted octanol–water partition coefficient (Wildman–Crippen LogP) is 5.50. The average Bonchev–Trinajstić information content (AvgIpc) is 3.97. The molecule has 14 nitrogen and oxygen atoms in total. The number of halogens is 1. The number of hydrogen-bond acceptors (Lipinski definition) is 8. The van der Waals surface area contributed by atoms with Crippen LogP contribution in [0.15, 0.2) is 42.6 Å². The summed E-state index contributed by atoms with van der Waals surface area (Å²) in [5, 5.41) is 7.65. The third-order valence-electron chi connectivity index (χ3n) is 8.59. The maximum atomic E-state index is 15.4. The second-order valence-electron chi connectivity index (χ2n) is 12.9. The minimum atomic E-state index is -0.871. The van der Waals surface area contributed by atoms with E-state index in [2.05, 4.69) is 78.2 Å². The summed E-state index contributed by atoms with van der Waals surface area (Å²) in [6, 6.07) is 9.14. The lowest BCUT2D eigenvalue weighted by Gasteiger charge is -2.27. The van der Waals surface area contributed by atoms with Gasteiger partial charge in [-0.25, -0.2) is 23.9 Å². The molecular formula is C41H49FN8O6. The topological polar surface area (TPSA) is 183 Å². The number of benzene rings is 2. The highest BCUT2D eigenvalue weighted by molar-refractivity contribution is 5.86. The van der Waals surface area contributed by atoms with Crippen LogP contribution in [0.2, 0.25) is 0 Å². The summed E-state index contributed by atoms with van der Waals surface area (Å²) in [5.74, 6) is 12.0. The normalized spacial score (nSPS) is 13.5. The van der Waals surface area contributed by atoms with Gasteiger partial charge >= 0.3 is 12.2 Å². The molecule has 0 saturated carbocycles. The number of aromatic nitrogens is 4. The van der Waals surface area contributed by atoms with Crippen molar-refractivity contribution >= 4 is 35.0 Å². The van der Waals surface area contributed by atoms with Gasteiger partial charge in [0.05, 0.1) is 49.7 Å². The number of fused-ring (bicyclic) bond motifs is 1. The van der Waals surface area contributed by atoms with Crippen LogP contribution in [-0.4, -0.2) is 88.7 Å². The number of hydrogen-bond donors (Lipinski definition) is 5. The van der Waals surface area contributed by atoms with E-state index in [1.54, 1.807) is 30.2 Å². The highest BCUT2D eigenvalue weighted by Crippen LogP contribution is 2.33. The van der Waals surface area contributed by atoms with E-state index in [9.17, 15) is 19.2 Å². The molecule has 3 heterocycles. The van der Waals surface area contributed by atoms with E-state index in [0.29, 0.717) is 48.6 Å². The van der Waals surface area contributed by atoms with Gasteiger partial charge in [0, 0.05) is 42.6 Å². The van der Waals surface area contributed by atoms with Gasteiger partial charge in [-0.05, 0) is 69.0 Å². The first-order valence-electron chi connectivity index (χ1n) is 18.6. The molecule has 5 rings (SSSR count). The molecule has 2 aromatic heterocycles. The number of carbonyl (C=O) groups excluding carboxylic acids is 4. The number of aromatic amines is 2. The van der Waals surface area contributed by atoms with Crippen LogP contribution >= 0.6 is 0 Å². The molecule has 0 radical (unpaired) electrons. The number of H-pyrrole nitrogens is 2. The van der Waals surface area contributed by atoms with Gasteiger partial charge in [0.1, 0.15) is 23.5 Å². The van der Waals surface area contributed by atoms with E-state index in [-0.39, 0.29) is 30.8 Å². The molecule has 0 bridgehead atoms. The van der Waals surface area contributed by atoms with Crippen molar-refractivity contribution in [1.29, 1.82) is 0 Å². The fourth-order valence-corrected chi connectivity index (χ4v) is 5.91. The number of nitrogens with one attached hydrogen (secondary N) is 5. The van der Waals surface area contributed by atoms with Crippen molar-refractivity contribution in [3.8, 4) is 34.9 Å². The molecule has 56 heavy (non-hydrogen) atoms. The Bertz CT molecular complexity index is 2110. The van der Waals surface area contributed by atoms with Crippen LogP contribution in [0.3, 0.4) is 0 Å². The number of likely N-dealkylation sites (tertiary alicyclic amines) is 1. The zero-order valence-corrected chi connectivity index (χ0v) is 32.4. The van der Waals surface area contributed by atoms with E-state index < -0.39 is 24.0 Å². The summed E-state index contributed by atoms with van der Waals surface area (Å²) in [4.78, 5) is 65.4. The lowest BCUT2D eigenvalue weighted by molar-refractivity contribution is -0.134. The molecule has 1 fully saturated rings. The van der Waals surface area contributed by atoms with Crippen LogP contribution in [0.4, 0.5) is 14.0 Å². The van der Waals surface area contributed by atoms with Crippen LogP contribution in [0, 0.1) is 29.5 Å². The lowest BCUT2D eigenvalue weighted by Crippen LogP contribution is -2.48. The molecule has 2 aromatic carbocycles. The molecule has 1 aliphatic heterocycles. The number of alkyl carbamates (subject to hydrolysis) is 2. The highest BCUT2D eigenvalue weighted by atomic mass is 19.1. The summed E-state index contributed by atoms with van der Waals surface area (Å²) in [7, 11) is 2.47. The number of methoxy groups -OCH3 is 2. The Balaban J connectivity index is 0.00000225. The van der Waals surface area contributed by atoms with Crippen LogP contribution in [0.1, 0.15) is 88.1 Å². The molecule has 4 amide bonds. The van der Waals surface area contributed by atoms with Crippen LogP contribution in [-0.2, 0) is 25.5 Å². The summed E-state index contributed by atoms with van der Waals surface area (Å²) >= 11 is 0. The van der Waals surface area contributed by atoms with E-state index in [1.165, 1.54) is 26.7 Å². The third-order valence-corrected chi connectivity index (χ3v) is 8.59. The zero-order valence-electron chi connectivity index (χ0n) is 32.4. The fourth-order valence-electron chi connectivity index (χ4n) is 5.91. The maximum Gasteiger partial charge on any atom is 0.407 e. The lowest BCUT2D eigenvalue weighted by atomic mass is 10.1. The molecule has 1 saturated heterocycles. The highest BCUT2D eigenvalue weighted by Gasteiger charge is 2.36. The van der Waals surface area contributed by atoms with Gasteiger partial charge < -0.3 is 40.3 Å². The number of imidazole rings is 2. The second kappa shape index (κ2) is 21.5. The van der Waals surface area contributed by atoms with Crippen LogP contribution in [0.25, 0.3) is 22.3 Å². The third kappa shape index (κ3) is 12.1. The smallest absolute Gasteiger partial charge is 0.407 e. The van der Waals surface area contributed by atoms with E-state index in [0.717, 1.165) is 41.7 Å². The first-order chi connectivity index (χ1) is 27.1. The van der Waals surface area contributed by atoms with E-state index in [4.69, 9.17) is 4.74 Å². The van der Waals surface area contributed by atoms with Gasteiger partial charge in [-0.15, -0.1) is 11.8 Å². The van der Waals surface area contributed by atoms with E-state index in [1.807, 2.05) is 18.2 Å². The number of amides is 4. The molecule has 2 unspecified atom stereocenters. The van der Waals surface area contributed by atoms with Crippen molar-refractivity contribution in [3.63, 3.8) is 0 Å². The molecule has 15 heteroatoms. The van der Waals surface area contributed by atoms with Gasteiger partial charge in [-0.3, -0.25) is 9.59 Å². The summed E-state index contributed by atoms with van der Waals surface area (Å²) in [6.45, 7) is 6.73. The molecule has 296 valence electrons. The fraction of sp³-hybridized carbons (Fsp3) is 0.415. The van der Waals surface area contributed by atoms with Crippen molar-refractivity contribution in [1.82, 2.24) is 40.8 Å². The summed E-state index contributed by atoms with van der Waals surface area (Å²) in [5.41, 5.74) is 3.65. The SMILES string of the molecule is CC#CCC(NC(=O)OC)C(=O)N1CCCC1c1ncc(-c2ccc(C#Cc3ccc4nc(CCCCNC(=O)CNC(=O)OC)[nH]c4c3)cc2F)[nH]1.CCC. The Morgan fingerprint density at radius 2 is 1.73 bits per heavy atom. The molecule has 0 aliphatic carbocycles. The van der Waals surface area contributed by atoms with Gasteiger partial charge in [0.2, 0.25) is 11.8 Å². The maximum absolute atomic E-state index is 15.4. The van der Waals surface area contributed by atoms with E-state index >= 15 is 4.39 Å². The minimum absolute atomic E-state index is 0.142. The quantitative estimate of drug-likeness (QED) is 0.0924. The number of carbonyl (C=O) groups is 4. The van der Waals surface area contributed by atoms with Gasteiger partial charge in [0.15, 0.2) is 0 Å². The molecule has 4 aromatic rings. The number of unbranched alkanes of at least 4 members (excludes halogenated alkanes) is 1. The van der Waals surface area contributed by atoms with Gasteiger partial charge in [-0.2, -0.15) is 0 Å². The van der Waals surface area contributed by atoms with Gasteiger partial charge in [0.25, 0.3) is 0 Å². The second-order valence-corrected chi connectivity index (χ2v) is 12.9. The largest absolute Gasteiger partial charge is 0.453 e. The molecule has 2 atom stereocenters. The molecule has 0 spiro atoms. The zero-order chi connectivity index (χ0) is 40.5. The first-order valence-corrected chi connectivity index (χ1v) is 18.6. The molecule has 1 aliphatic rings. The Hall–Kier alpha value is -6.35. The first kappa shape index (κ1) is 42.4. The van der Waals surface area contributed by atoms with Crippen molar-refractivity contribution in [3.05, 3.63) is 71.2 Å². The number of nitrogens with zero attached hydrogens (tertiary/aromatic N) is 3. The molecular weight excluding hydrogens is 719 g/mol. The average molecular weight is 769 g/mol. The summed E-state index contributed by atoms with van der Waals surface area (Å²) < 4.78 is 24.5. The monoisotopic (exact) mass is 768 g/mol. The summed E-state index contributed by atoms with van der Waals surface area (Å²) in [6.07, 6.45) is 5.20. The Kier molecular flexibility index (Phi) is 16.3. The van der Waals surface area contributed by atoms with Crippen molar-refractivity contribution in [2.24, 2.45) is 0 Å². The number of ether oxygens (including phenoxy) is 2. The number of rotatable bonds is 12. The van der Waals surface area contributed by atoms with Gasteiger partial charge in [-0.1, -0.05) is 32.1 Å².